The smallest absolute Gasteiger partial charge is 0.200 e. The first kappa shape index (κ1) is 13.3. The standard InChI is InChI=1S/C15H17NO3/c1-3-4-7-19-12-5-6-14-13(8-12)15(18)11(10-17)9-16(14)2/h5-6,8-10H,3-4,7H2,1-2H3. The maximum absolute atomic E-state index is 12.1. The summed E-state index contributed by atoms with van der Waals surface area (Å²) in [5.74, 6) is 0.668. The third-order valence-electron chi connectivity index (χ3n) is 3.08. The van der Waals surface area contributed by atoms with Gasteiger partial charge in [-0.3, -0.25) is 9.59 Å². The van der Waals surface area contributed by atoms with Gasteiger partial charge in [0.25, 0.3) is 0 Å². The van der Waals surface area contributed by atoms with E-state index in [2.05, 4.69) is 6.92 Å². The second-order valence-electron chi connectivity index (χ2n) is 4.52. The molecule has 100 valence electrons. The highest BCUT2D eigenvalue weighted by molar-refractivity contribution is 5.86. The number of carbonyl (C=O) groups excluding carboxylic acids is 1. The molecule has 2 aromatic rings. The van der Waals surface area contributed by atoms with E-state index in [1.807, 2.05) is 19.2 Å². The molecule has 2 rings (SSSR count). The second kappa shape index (κ2) is 5.69. The van der Waals surface area contributed by atoms with Crippen LogP contribution in [0.3, 0.4) is 0 Å². The number of aromatic nitrogens is 1. The summed E-state index contributed by atoms with van der Waals surface area (Å²) in [6, 6.07) is 5.39. The minimum atomic E-state index is -0.246. The van der Waals surface area contributed by atoms with Crippen LogP contribution in [0.4, 0.5) is 0 Å². The van der Waals surface area contributed by atoms with Gasteiger partial charge >= 0.3 is 0 Å². The van der Waals surface area contributed by atoms with Crippen LogP contribution in [0, 0.1) is 0 Å². The van der Waals surface area contributed by atoms with E-state index >= 15 is 0 Å². The topological polar surface area (TPSA) is 48.3 Å². The van der Waals surface area contributed by atoms with Gasteiger partial charge in [-0.2, -0.15) is 0 Å². The molecule has 0 N–H and O–H groups in total. The SMILES string of the molecule is CCCCOc1ccc2c(c1)c(=O)c(C=O)cn2C. The minimum absolute atomic E-state index is 0.167. The van der Waals surface area contributed by atoms with E-state index in [1.165, 1.54) is 0 Å². The van der Waals surface area contributed by atoms with Gasteiger partial charge in [-0.15, -0.1) is 0 Å². The van der Waals surface area contributed by atoms with Gasteiger partial charge in [0, 0.05) is 13.2 Å². The fourth-order valence-electron chi connectivity index (χ4n) is 2.00. The quantitative estimate of drug-likeness (QED) is 0.612. The molecule has 0 aliphatic heterocycles. The Morgan fingerprint density at radius 3 is 2.84 bits per heavy atom. The number of aldehydes is 1. The van der Waals surface area contributed by atoms with Gasteiger partial charge in [0.2, 0.25) is 0 Å². The van der Waals surface area contributed by atoms with Crippen LogP contribution in [0.15, 0.2) is 29.2 Å². The zero-order chi connectivity index (χ0) is 13.8. The predicted molar refractivity (Wildman–Crippen MR) is 75.0 cm³/mol. The Labute approximate surface area is 111 Å². The minimum Gasteiger partial charge on any atom is -0.494 e. The van der Waals surface area contributed by atoms with Crippen molar-refractivity contribution < 1.29 is 9.53 Å². The highest BCUT2D eigenvalue weighted by atomic mass is 16.5. The van der Waals surface area contributed by atoms with Crippen molar-refractivity contribution in [2.24, 2.45) is 7.05 Å². The summed E-state index contributed by atoms with van der Waals surface area (Å²) >= 11 is 0. The highest BCUT2D eigenvalue weighted by Crippen LogP contribution is 2.18. The number of unbranched alkanes of at least 4 members (excludes halogenated alkanes) is 1. The predicted octanol–water partition coefficient (Wildman–Crippen LogP) is 2.53. The maximum atomic E-state index is 12.1. The molecule has 19 heavy (non-hydrogen) atoms. The number of fused-ring (bicyclic) bond motifs is 1. The van der Waals surface area contributed by atoms with Gasteiger partial charge in [0.1, 0.15) is 5.75 Å². The maximum Gasteiger partial charge on any atom is 0.200 e. The van der Waals surface area contributed by atoms with E-state index in [1.54, 1.807) is 16.8 Å². The molecule has 0 fully saturated rings. The fraction of sp³-hybridized carbons (Fsp3) is 0.333. The molecule has 0 aliphatic carbocycles. The number of nitrogens with zero attached hydrogens (tertiary/aromatic N) is 1. The molecule has 1 heterocycles. The summed E-state index contributed by atoms with van der Waals surface area (Å²) in [7, 11) is 1.81. The van der Waals surface area contributed by atoms with Crippen molar-refractivity contribution in [3.05, 3.63) is 40.2 Å². The van der Waals surface area contributed by atoms with E-state index in [0.717, 1.165) is 18.4 Å². The molecular weight excluding hydrogens is 242 g/mol. The number of ether oxygens (including phenoxy) is 1. The molecule has 1 aromatic heterocycles. The van der Waals surface area contributed by atoms with E-state index < -0.39 is 0 Å². The third kappa shape index (κ3) is 2.67. The number of benzene rings is 1. The Hall–Kier alpha value is -2.10. The number of rotatable bonds is 5. The Morgan fingerprint density at radius 1 is 1.37 bits per heavy atom. The number of carbonyl (C=O) groups is 1. The molecule has 0 bridgehead atoms. The lowest BCUT2D eigenvalue weighted by Gasteiger charge is -2.09. The molecule has 0 unspecified atom stereocenters. The van der Waals surface area contributed by atoms with Gasteiger partial charge in [-0.05, 0) is 24.6 Å². The first-order valence-corrected chi connectivity index (χ1v) is 6.38. The lowest BCUT2D eigenvalue weighted by Crippen LogP contribution is -2.12. The fourth-order valence-corrected chi connectivity index (χ4v) is 2.00. The van der Waals surface area contributed by atoms with Crippen molar-refractivity contribution in [3.63, 3.8) is 0 Å². The van der Waals surface area contributed by atoms with Crippen LogP contribution in [-0.4, -0.2) is 17.5 Å². The molecule has 1 aromatic carbocycles. The Balaban J connectivity index is 2.48. The van der Waals surface area contributed by atoms with E-state index in [9.17, 15) is 9.59 Å². The zero-order valence-corrected chi connectivity index (χ0v) is 11.2. The van der Waals surface area contributed by atoms with Crippen LogP contribution in [0.2, 0.25) is 0 Å². The van der Waals surface area contributed by atoms with Crippen LogP contribution < -0.4 is 10.2 Å². The summed E-state index contributed by atoms with van der Waals surface area (Å²) in [4.78, 5) is 23.0. The van der Waals surface area contributed by atoms with Crippen LogP contribution in [0.1, 0.15) is 30.1 Å². The molecule has 4 nitrogen and oxygen atoms in total. The Bertz CT molecular complexity index is 658. The molecule has 0 atom stereocenters. The molecule has 4 heteroatoms. The number of hydrogen-bond acceptors (Lipinski definition) is 3. The average Bonchev–Trinajstić information content (AvgIpc) is 2.43. The largest absolute Gasteiger partial charge is 0.494 e. The van der Waals surface area contributed by atoms with Crippen molar-refractivity contribution in [1.29, 1.82) is 0 Å². The Morgan fingerprint density at radius 2 is 2.16 bits per heavy atom. The van der Waals surface area contributed by atoms with Crippen LogP contribution in [0.25, 0.3) is 10.9 Å². The lowest BCUT2D eigenvalue weighted by molar-refractivity contribution is 0.112. The lowest BCUT2D eigenvalue weighted by atomic mass is 10.1. The second-order valence-corrected chi connectivity index (χ2v) is 4.52. The van der Waals surface area contributed by atoms with E-state index in [-0.39, 0.29) is 11.0 Å². The Kier molecular flexibility index (Phi) is 4.00. The van der Waals surface area contributed by atoms with Crippen molar-refractivity contribution in [2.45, 2.75) is 19.8 Å². The summed E-state index contributed by atoms with van der Waals surface area (Å²) in [5.41, 5.74) is 0.711. The number of aryl methyl sites for hydroxylation is 1. The van der Waals surface area contributed by atoms with Crippen LogP contribution in [-0.2, 0) is 7.05 Å². The normalized spacial score (nSPS) is 10.6. The molecular formula is C15H17NO3. The van der Waals surface area contributed by atoms with Crippen LogP contribution in [0.5, 0.6) is 5.75 Å². The molecule has 0 saturated carbocycles. The summed E-state index contributed by atoms with van der Waals surface area (Å²) in [6.07, 6.45) is 4.18. The average molecular weight is 259 g/mol. The van der Waals surface area contributed by atoms with Crippen LogP contribution >= 0.6 is 0 Å². The first-order valence-electron chi connectivity index (χ1n) is 6.38. The number of hydrogen-bond donors (Lipinski definition) is 0. The zero-order valence-electron chi connectivity index (χ0n) is 11.2. The van der Waals surface area contributed by atoms with Crippen molar-refractivity contribution in [2.75, 3.05) is 6.61 Å². The molecule has 0 saturated heterocycles. The van der Waals surface area contributed by atoms with Crippen molar-refractivity contribution in [3.8, 4) is 5.75 Å². The monoisotopic (exact) mass is 259 g/mol. The van der Waals surface area contributed by atoms with Gasteiger partial charge in [-0.1, -0.05) is 13.3 Å². The van der Waals surface area contributed by atoms with Gasteiger partial charge in [0.15, 0.2) is 11.7 Å². The molecule has 0 amide bonds. The van der Waals surface area contributed by atoms with Gasteiger partial charge < -0.3 is 9.30 Å². The summed E-state index contributed by atoms with van der Waals surface area (Å²) < 4.78 is 7.36. The molecule has 0 aliphatic rings. The summed E-state index contributed by atoms with van der Waals surface area (Å²) in [6.45, 7) is 2.73. The first-order chi connectivity index (χ1) is 9.17. The highest BCUT2D eigenvalue weighted by Gasteiger charge is 2.08. The molecule has 0 spiro atoms. The number of pyridine rings is 1. The summed E-state index contributed by atoms with van der Waals surface area (Å²) in [5, 5.41) is 0.515. The van der Waals surface area contributed by atoms with E-state index in [0.29, 0.717) is 24.0 Å². The van der Waals surface area contributed by atoms with E-state index in [4.69, 9.17) is 4.74 Å². The third-order valence-corrected chi connectivity index (χ3v) is 3.08. The van der Waals surface area contributed by atoms with Crippen molar-refractivity contribution in [1.82, 2.24) is 4.57 Å². The van der Waals surface area contributed by atoms with Gasteiger partial charge in [-0.25, -0.2) is 0 Å². The molecule has 0 radical (unpaired) electrons. The van der Waals surface area contributed by atoms with Gasteiger partial charge in [0.05, 0.1) is 23.1 Å². The van der Waals surface area contributed by atoms with Crippen molar-refractivity contribution >= 4 is 17.2 Å².